The molecule has 3 N–H and O–H groups in total. The predicted octanol–water partition coefficient (Wildman–Crippen LogP) is 0.977. The van der Waals surface area contributed by atoms with Crippen LogP contribution in [0.25, 0.3) is 0 Å². The lowest BCUT2D eigenvalue weighted by molar-refractivity contribution is 0.108. The highest BCUT2D eigenvalue weighted by atomic mass is 32.2. The average molecular weight is 284 g/mol. The van der Waals surface area contributed by atoms with Gasteiger partial charge in [0.05, 0.1) is 11.0 Å². The smallest absolute Gasteiger partial charge is 0.243 e. The Morgan fingerprint density at radius 3 is 2.84 bits per heavy atom. The number of hydrogen-bond donors (Lipinski definition) is 2. The lowest BCUT2D eigenvalue weighted by atomic mass is 10.1. The minimum Gasteiger partial charge on any atom is -0.399 e. The van der Waals surface area contributed by atoms with Crippen LogP contribution in [0.5, 0.6) is 0 Å². The molecular weight excluding hydrogens is 264 g/mol. The van der Waals surface area contributed by atoms with Crippen LogP contribution in [0.3, 0.4) is 0 Å². The lowest BCUT2D eigenvalue weighted by Crippen LogP contribution is -2.42. The summed E-state index contributed by atoms with van der Waals surface area (Å²) in [6, 6.07) is 4.97. The van der Waals surface area contributed by atoms with Crippen LogP contribution in [-0.4, -0.2) is 37.0 Å². The maximum atomic E-state index is 12.6. The Kier molecular flexibility index (Phi) is 4.13. The minimum atomic E-state index is -3.57. The van der Waals surface area contributed by atoms with E-state index in [4.69, 9.17) is 5.73 Å². The summed E-state index contributed by atoms with van der Waals surface area (Å²) in [7, 11) is -3.57. The zero-order chi connectivity index (χ0) is 14.0. The van der Waals surface area contributed by atoms with E-state index >= 15 is 0 Å². The second kappa shape index (κ2) is 5.48. The SMILES string of the molecule is CCc1ccc(N)cc1S(=O)(=O)N1CCC[C@H](O)C1. The quantitative estimate of drug-likeness (QED) is 0.810. The normalized spacial score (nSPS) is 21.5. The number of hydrogen-bond acceptors (Lipinski definition) is 4. The molecule has 106 valence electrons. The number of nitrogens with zero attached hydrogens (tertiary/aromatic N) is 1. The van der Waals surface area contributed by atoms with Gasteiger partial charge in [0.2, 0.25) is 10.0 Å². The third-order valence-electron chi connectivity index (χ3n) is 3.45. The third-order valence-corrected chi connectivity index (χ3v) is 5.40. The number of aliphatic hydroxyl groups excluding tert-OH is 1. The summed E-state index contributed by atoms with van der Waals surface area (Å²) < 4.78 is 26.6. The first-order chi connectivity index (χ1) is 8.95. The van der Waals surface area contributed by atoms with Crippen molar-refractivity contribution in [2.45, 2.75) is 37.2 Å². The molecule has 0 saturated carbocycles. The molecule has 0 radical (unpaired) electrons. The topological polar surface area (TPSA) is 83.6 Å². The van der Waals surface area contributed by atoms with Crippen LogP contribution >= 0.6 is 0 Å². The number of nitrogen functional groups attached to an aromatic ring is 1. The van der Waals surface area contributed by atoms with Gasteiger partial charge in [0.1, 0.15) is 0 Å². The number of rotatable bonds is 3. The van der Waals surface area contributed by atoms with Crippen molar-refractivity contribution in [1.82, 2.24) is 4.31 Å². The summed E-state index contributed by atoms with van der Waals surface area (Å²) in [5.74, 6) is 0. The molecule has 1 heterocycles. The van der Waals surface area contributed by atoms with Gasteiger partial charge in [-0.25, -0.2) is 8.42 Å². The second-order valence-electron chi connectivity index (χ2n) is 4.88. The van der Waals surface area contributed by atoms with Gasteiger partial charge in [-0.3, -0.25) is 0 Å². The third kappa shape index (κ3) is 2.91. The van der Waals surface area contributed by atoms with Gasteiger partial charge < -0.3 is 10.8 Å². The predicted molar refractivity (Wildman–Crippen MR) is 74.2 cm³/mol. The molecule has 0 amide bonds. The molecule has 0 aliphatic carbocycles. The molecule has 0 spiro atoms. The molecule has 1 aliphatic rings. The number of sulfonamides is 1. The Labute approximate surface area is 114 Å². The van der Waals surface area contributed by atoms with E-state index in [1.807, 2.05) is 6.92 Å². The van der Waals surface area contributed by atoms with E-state index in [1.165, 1.54) is 10.4 Å². The number of piperidine rings is 1. The molecule has 2 rings (SSSR count). The molecule has 1 aromatic rings. The van der Waals surface area contributed by atoms with Crippen molar-refractivity contribution >= 4 is 15.7 Å². The van der Waals surface area contributed by atoms with Gasteiger partial charge in [-0.05, 0) is 37.0 Å². The van der Waals surface area contributed by atoms with Crippen molar-refractivity contribution in [2.75, 3.05) is 18.8 Å². The zero-order valence-electron chi connectivity index (χ0n) is 11.0. The minimum absolute atomic E-state index is 0.167. The summed E-state index contributed by atoms with van der Waals surface area (Å²) in [5, 5.41) is 9.64. The largest absolute Gasteiger partial charge is 0.399 e. The summed E-state index contributed by atoms with van der Waals surface area (Å²) >= 11 is 0. The fourth-order valence-electron chi connectivity index (χ4n) is 2.38. The second-order valence-corrected chi connectivity index (χ2v) is 6.79. The zero-order valence-corrected chi connectivity index (χ0v) is 11.9. The van der Waals surface area contributed by atoms with Crippen LogP contribution in [0, 0.1) is 0 Å². The highest BCUT2D eigenvalue weighted by Gasteiger charge is 2.30. The molecule has 1 fully saturated rings. The summed E-state index contributed by atoms with van der Waals surface area (Å²) in [6.45, 7) is 2.53. The monoisotopic (exact) mass is 284 g/mol. The van der Waals surface area contributed by atoms with E-state index in [2.05, 4.69) is 0 Å². The van der Waals surface area contributed by atoms with E-state index < -0.39 is 16.1 Å². The highest BCUT2D eigenvalue weighted by Crippen LogP contribution is 2.25. The molecular formula is C13H20N2O3S. The van der Waals surface area contributed by atoms with Crippen LogP contribution < -0.4 is 5.73 Å². The number of aryl methyl sites for hydroxylation is 1. The molecule has 1 saturated heterocycles. The first-order valence-electron chi connectivity index (χ1n) is 6.51. The lowest BCUT2D eigenvalue weighted by Gasteiger charge is -2.29. The van der Waals surface area contributed by atoms with E-state index in [0.29, 0.717) is 31.5 Å². The molecule has 1 atom stereocenters. The molecule has 1 aromatic carbocycles. The summed E-state index contributed by atoms with van der Waals surface area (Å²) in [4.78, 5) is 0.268. The number of aliphatic hydroxyl groups is 1. The van der Waals surface area contributed by atoms with Crippen LogP contribution in [0.2, 0.25) is 0 Å². The first-order valence-corrected chi connectivity index (χ1v) is 7.95. The fraction of sp³-hybridized carbons (Fsp3) is 0.538. The van der Waals surface area contributed by atoms with E-state index in [-0.39, 0.29) is 11.4 Å². The first kappa shape index (κ1) is 14.3. The van der Waals surface area contributed by atoms with Crippen molar-refractivity contribution in [3.63, 3.8) is 0 Å². The Morgan fingerprint density at radius 2 is 2.21 bits per heavy atom. The molecule has 1 aliphatic heterocycles. The van der Waals surface area contributed by atoms with E-state index in [1.54, 1.807) is 12.1 Å². The molecule has 0 aromatic heterocycles. The molecule has 0 bridgehead atoms. The number of β-amino-alcohol motifs (C(OH)–C–C–N with tert-alkyl or cyclic N) is 1. The van der Waals surface area contributed by atoms with Crippen LogP contribution in [0.4, 0.5) is 5.69 Å². The van der Waals surface area contributed by atoms with Gasteiger partial charge in [-0.1, -0.05) is 13.0 Å². The van der Waals surface area contributed by atoms with Gasteiger partial charge in [-0.2, -0.15) is 4.31 Å². The van der Waals surface area contributed by atoms with E-state index in [9.17, 15) is 13.5 Å². The summed E-state index contributed by atoms with van der Waals surface area (Å²) in [6.07, 6.45) is 1.40. The average Bonchev–Trinajstić information content (AvgIpc) is 2.38. The van der Waals surface area contributed by atoms with Gasteiger partial charge in [-0.15, -0.1) is 0 Å². The highest BCUT2D eigenvalue weighted by molar-refractivity contribution is 7.89. The van der Waals surface area contributed by atoms with Crippen molar-refractivity contribution in [1.29, 1.82) is 0 Å². The van der Waals surface area contributed by atoms with Gasteiger partial charge in [0.15, 0.2) is 0 Å². The van der Waals surface area contributed by atoms with Crippen LogP contribution in [0.1, 0.15) is 25.3 Å². The number of anilines is 1. The van der Waals surface area contributed by atoms with Crippen LogP contribution in [-0.2, 0) is 16.4 Å². The number of benzene rings is 1. The Morgan fingerprint density at radius 1 is 1.47 bits per heavy atom. The molecule has 5 nitrogen and oxygen atoms in total. The fourth-order valence-corrected chi connectivity index (χ4v) is 4.23. The van der Waals surface area contributed by atoms with Crippen molar-refractivity contribution in [3.05, 3.63) is 23.8 Å². The molecule has 19 heavy (non-hydrogen) atoms. The van der Waals surface area contributed by atoms with Gasteiger partial charge in [0.25, 0.3) is 0 Å². The van der Waals surface area contributed by atoms with Crippen LogP contribution in [0.15, 0.2) is 23.1 Å². The van der Waals surface area contributed by atoms with Crippen molar-refractivity contribution in [2.24, 2.45) is 0 Å². The summed E-state index contributed by atoms with van der Waals surface area (Å²) in [5.41, 5.74) is 6.90. The van der Waals surface area contributed by atoms with E-state index in [0.717, 1.165) is 5.56 Å². The van der Waals surface area contributed by atoms with Crippen molar-refractivity contribution in [3.8, 4) is 0 Å². The van der Waals surface area contributed by atoms with Gasteiger partial charge >= 0.3 is 0 Å². The standard InChI is InChI=1S/C13H20N2O3S/c1-2-10-5-6-11(14)8-13(10)19(17,18)15-7-3-4-12(16)9-15/h5-6,8,12,16H,2-4,7,9,14H2,1H3/t12-/m0/s1. The number of nitrogens with two attached hydrogens (primary N) is 1. The molecule has 0 unspecified atom stereocenters. The Balaban J connectivity index is 2.41. The maximum Gasteiger partial charge on any atom is 0.243 e. The Hall–Kier alpha value is -1.11. The molecule has 6 heteroatoms. The van der Waals surface area contributed by atoms with Gasteiger partial charge in [0, 0.05) is 18.8 Å². The Bertz CT molecular complexity index is 557. The maximum absolute atomic E-state index is 12.6. The van der Waals surface area contributed by atoms with Crippen molar-refractivity contribution < 1.29 is 13.5 Å².